The third-order valence-electron chi connectivity index (χ3n) is 4.98. The molecule has 1 atom stereocenters. The van der Waals surface area contributed by atoms with E-state index in [1.165, 1.54) is 20.3 Å². The summed E-state index contributed by atoms with van der Waals surface area (Å²) in [5.41, 5.74) is 1.99. The van der Waals surface area contributed by atoms with Crippen LogP contribution >= 0.6 is 0 Å². The molecule has 7 heteroatoms. The Bertz CT molecular complexity index is 1100. The zero-order valence-electron chi connectivity index (χ0n) is 16.7. The highest BCUT2D eigenvalue weighted by molar-refractivity contribution is 6.10. The third kappa shape index (κ3) is 3.61. The molecule has 1 heterocycles. The number of methoxy groups -OCH3 is 2. The minimum absolute atomic E-state index is 0.0605. The van der Waals surface area contributed by atoms with Crippen LogP contribution in [0.25, 0.3) is 10.9 Å². The maximum absolute atomic E-state index is 14.4. The lowest BCUT2D eigenvalue weighted by Gasteiger charge is -2.30. The molecular formula is C22H22FN3O3. The van der Waals surface area contributed by atoms with Gasteiger partial charge in [-0.1, -0.05) is 13.0 Å². The van der Waals surface area contributed by atoms with Crippen LogP contribution in [0.2, 0.25) is 0 Å². The number of nitriles is 1. The Kier molecular flexibility index (Phi) is 5.74. The normalized spacial score (nSPS) is 11.7. The first-order valence-electron chi connectivity index (χ1n) is 9.22. The Balaban J connectivity index is 2.28. The quantitative estimate of drug-likeness (QED) is 0.600. The fourth-order valence-electron chi connectivity index (χ4n) is 3.33. The number of rotatable bonds is 6. The number of carbonyl (C=O) groups is 1. The van der Waals surface area contributed by atoms with Crippen molar-refractivity contribution in [1.82, 2.24) is 4.98 Å². The van der Waals surface area contributed by atoms with E-state index in [1.54, 1.807) is 30.3 Å². The molecule has 0 radical (unpaired) electrons. The monoisotopic (exact) mass is 395 g/mol. The number of nitrogens with zero attached hydrogens (tertiary/aromatic N) is 2. The first kappa shape index (κ1) is 20.2. The highest BCUT2D eigenvalue weighted by Gasteiger charge is 2.27. The highest BCUT2D eigenvalue weighted by atomic mass is 19.1. The Hall–Kier alpha value is -3.53. The van der Waals surface area contributed by atoms with Crippen molar-refractivity contribution in [3.63, 3.8) is 0 Å². The molecule has 1 unspecified atom stereocenters. The van der Waals surface area contributed by atoms with Gasteiger partial charge < -0.3 is 19.4 Å². The molecule has 3 rings (SSSR count). The number of fused-ring (bicyclic) bond motifs is 1. The molecule has 0 amide bonds. The minimum Gasteiger partial charge on any atom is -0.494 e. The number of H-pyrrole nitrogens is 1. The summed E-state index contributed by atoms with van der Waals surface area (Å²) in [4.78, 5) is 17.7. The second kappa shape index (κ2) is 8.23. The van der Waals surface area contributed by atoms with Crippen molar-refractivity contribution in [2.24, 2.45) is 0 Å². The van der Waals surface area contributed by atoms with Crippen molar-refractivity contribution in [1.29, 1.82) is 5.26 Å². The summed E-state index contributed by atoms with van der Waals surface area (Å²) in [6.45, 7) is 3.99. The molecule has 29 heavy (non-hydrogen) atoms. The fourth-order valence-corrected chi connectivity index (χ4v) is 3.33. The van der Waals surface area contributed by atoms with Gasteiger partial charge in [-0.25, -0.2) is 9.18 Å². The molecule has 1 aromatic heterocycles. The van der Waals surface area contributed by atoms with Crippen LogP contribution in [0.4, 0.5) is 15.9 Å². The number of esters is 1. The maximum atomic E-state index is 14.4. The number of carbonyl (C=O) groups excluding carboxylic acids is 1. The lowest BCUT2D eigenvalue weighted by Crippen LogP contribution is -2.29. The van der Waals surface area contributed by atoms with Crippen LogP contribution in [0, 0.1) is 17.1 Å². The van der Waals surface area contributed by atoms with E-state index in [2.05, 4.69) is 11.1 Å². The fraction of sp³-hybridized carbons (Fsp3) is 0.273. The first-order valence-corrected chi connectivity index (χ1v) is 9.22. The molecule has 2 aromatic carbocycles. The van der Waals surface area contributed by atoms with Gasteiger partial charge in [-0.05, 0) is 37.6 Å². The van der Waals surface area contributed by atoms with E-state index in [9.17, 15) is 14.4 Å². The van der Waals surface area contributed by atoms with E-state index in [1.807, 2.05) is 18.7 Å². The summed E-state index contributed by atoms with van der Waals surface area (Å²) in [6.07, 6.45) is 0.743. The zero-order valence-corrected chi connectivity index (χ0v) is 16.7. The summed E-state index contributed by atoms with van der Waals surface area (Å²) < 4.78 is 24.5. The van der Waals surface area contributed by atoms with Gasteiger partial charge in [0, 0.05) is 28.7 Å². The zero-order chi connectivity index (χ0) is 21.1. The standard InChI is InChI=1S/C22H22FN3O3/c1-5-13(2)26(15-7-9-19(28-3)17(23)11-15)21-20(22(27)29-4)16-8-6-14(12-24)10-18(16)25-21/h6-11,13,25H,5H2,1-4H3. The number of halogens is 1. The largest absolute Gasteiger partial charge is 0.494 e. The summed E-state index contributed by atoms with van der Waals surface area (Å²) in [5, 5.41) is 9.83. The van der Waals surface area contributed by atoms with Gasteiger partial charge in [0.1, 0.15) is 11.4 Å². The Morgan fingerprint density at radius 1 is 1.28 bits per heavy atom. The van der Waals surface area contributed by atoms with Crippen LogP contribution in [0.3, 0.4) is 0 Å². The summed E-state index contributed by atoms with van der Waals surface area (Å²) in [5.74, 6) is -0.388. The maximum Gasteiger partial charge on any atom is 0.342 e. The van der Waals surface area contributed by atoms with Crippen molar-refractivity contribution in [3.05, 3.63) is 53.3 Å². The number of aromatic nitrogens is 1. The van der Waals surface area contributed by atoms with Crippen LogP contribution in [0.15, 0.2) is 36.4 Å². The number of nitrogens with one attached hydrogen (secondary N) is 1. The Morgan fingerprint density at radius 2 is 2.03 bits per heavy atom. The van der Waals surface area contributed by atoms with Gasteiger partial charge in [0.15, 0.2) is 11.6 Å². The number of benzene rings is 2. The van der Waals surface area contributed by atoms with Crippen LogP contribution in [-0.2, 0) is 4.74 Å². The van der Waals surface area contributed by atoms with Gasteiger partial charge in [-0.3, -0.25) is 0 Å². The predicted molar refractivity (Wildman–Crippen MR) is 109 cm³/mol. The van der Waals surface area contributed by atoms with Gasteiger partial charge in [-0.2, -0.15) is 5.26 Å². The summed E-state index contributed by atoms with van der Waals surface area (Å²) in [7, 11) is 2.72. The smallest absolute Gasteiger partial charge is 0.342 e. The molecule has 0 fully saturated rings. The predicted octanol–water partition coefficient (Wildman–Crippen LogP) is 4.91. The lowest BCUT2D eigenvalue weighted by molar-refractivity contribution is 0.0604. The van der Waals surface area contributed by atoms with Crippen LogP contribution in [0.5, 0.6) is 5.75 Å². The van der Waals surface area contributed by atoms with E-state index in [0.29, 0.717) is 33.5 Å². The molecule has 0 aliphatic heterocycles. The number of hydrogen-bond acceptors (Lipinski definition) is 5. The van der Waals surface area contributed by atoms with E-state index in [-0.39, 0.29) is 11.8 Å². The highest BCUT2D eigenvalue weighted by Crippen LogP contribution is 2.37. The molecule has 0 aliphatic rings. The van der Waals surface area contributed by atoms with Gasteiger partial charge in [0.25, 0.3) is 0 Å². The number of hydrogen-bond donors (Lipinski definition) is 1. The van der Waals surface area contributed by atoms with Crippen LogP contribution in [0.1, 0.15) is 36.2 Å². The Labute approximate surface area is 168 Å². The van der Waals surface area contributed by atoms with Gasteiger partial charge >= 0.3 is 5.97 Å². The van der Waals surface area contributed by atoms with E-state index in [0.717, 1.165) is 6.42 Å². The topological polar surface area (TPSA) is 78.4 Å². The lowest BCUT2D eigenvalue weighted by atomic mass is 10.1. The van der Waals surface area contributed by atoms with Crippen molar-refractivity contribution >= 4 is 28.4 Å². The molecule has 0 saturated heterocycles. The second-order valence-electron chi connectivity index (χ2n) is 6.66. The molecule has 0 spiro atoms. The average molecular weight is 395 g/mol. The minimum atomic E-state index is -0.516. The molecule has 1 N–H and O–H groups in total. The van der Waals surface area contributed by atoms with Crippen molar-refractivity contribution < 1.29 is 18.7 Å². The van der Waals surface area contributed by atoms with E-state index < -0.39 is 11.8 Å². The summed E-state index contributed by atoms with van der Waals surface area (Å²) >= 11 is 0. The average Bonchev–Trinajstić information content (AvgIpc) is 3.11. The number of anilines is 2. The van der Waals surface area contributed by atoms with E-state index in [4.69, 9.17) is 9.47 Å². The molecule has 3 aromatic rings. The summed E-state index contributed by atoms with van der Waals surface area (Å²) in [6, 6.07) is 11.7. The molecular weight excluding hydrogens is 373 g/mol. The van der Waals surface area contributed by atoms with Gasteiger partial charge in [0.05, 0.1) is 25.9 Å². The van der Waals surface area contributed by atoms with Crippen LogP contribution in [-0.4, -0.2) is 31.2 Å². The van der Waals surface area contributed by atoms with Crippen molar-refractivity contribution in [2.45, 2.75) is 26.3 Å². The van der Waals surface area contributed by atoms with Gasteiger partial charge in [0.2, 0.25) is 0 Å². The van der Waals surface area contributed by atoms with Crippen LogP contribution < -0.4 is 9.64 Å². The van der Waals surface area contributed by atoms with Crippen molar-refractivity contribution in [3.8, 4) is 11.8 Å². The molecule has 0 bridgehead atoms. The first-order chi connectivity index (χ1) is 13.9. The van der Waals surface area contributed by atoms with E-state index >= 15 is 0 Å². The molecule has 6 nitrogen and oxygen atoms in total. The number of ether oxygens (including phenoxy) is 2. The number of aromatic amines is 1. The van der Waals surface area contributed by atoms with Gasteiger partial charge in [-0.15, -0.1) is 0 Å². The molecule has 150 valence electrons. The SMILES string of the molecule is CCC(C)N(c1ccc(OC)c(F)c1)c1[nH]c2cc(C#N)ccc2c1C(=O)OC. The van der Waals surface area contributed by atoms with Crippen molar-refractivity contribution in [2.75, 3.05) is 19.1 Å². The third-order valence-corrected chi connectivity index (χ3v) is 4.98. The second-order valence-corrected chi connectivity index (χ2v) is 6.66. The molecule has 0 aliphatic carbocycles. The Morgan fingerprint density at radius 3 is 2.62 bits per heavy atom. The molecule has 0 saturated carbocycles.